The van der Waals surface area contributed by atoms with Crippen LogP contribution >= 0.6 is 0 Å². The lowest BCUT2D eigenvalue weighted by Crippen LogP contribution is -2.83. The van der Waals surface area contributed by atoms with Crippen LogP contribution in [0.15, 0.2) is 48.5 Å². The van der Waals surface area contributed by atoms with Crippen LogP contribution in [0.1, 0.15) is 38.7 Å². The largest absolute Gasteiger partial charge is 0.494 e. The van der Waals surface area contributed by atoms with Crippen LogP contribution in [0, 0.1) is 11.2 Å². The van der Waals surface area contributed by atoms with Crippen LogP contribution in [-0.4, -0.2) is 54.8 Å². The zero-order valence-electron chi connectivity index (χ0n) is 18.9. The minimum Gasteiger partial charge on any atom is -0.494 e. The topological polar surface area (TPSA) is 82.0 Å². The molecule has 0 bridgehead atoms. The number of hydrogen-bond donors (Lipinski definition) is 3. The molecule has 3 rings (SSSR count). The highest BCUT2D eigenvalue weighted by Gasteiger charge is 2.24. The maximum Gasteiger partial charge on any atom is 0.270 e. The Labute approximate surface area is 189 Å². The molecule has 1 fully saturated rings. The monoisotopic (exact) mass is 441 g/mol. The molecule has 0 unspecified atom stereocenters. The van der Waals surface area contributed by atoms with Crippen molar-refractivity contribution in [2.75, 3.05) is 26.2 Å². The quantitative estimate of drug-likeness (QED) is 0.301. The van der Waals surface area contributed by atoms with Crippen molar-refractivity contribution in [1.82, 2.24) is 10.2 Å². The van der Waals surface area contributed by atoms with E-state index >= 15 is 0 Å². The predicted octanol–water partition coefficient (Wildman–Crippen LogP) is 2.85. The van der Waals surface area contributed by atoms with Gasteiger partial charge in [0.25, 0.3) is 5.91 Å². The van der Waals surface area contributed by atoms with Crippen molar-refractivity contribution in [2.24, 2.45) is 0 Å². The van der Waals surface area contributed by atoms with Crippen LogP contribution < -0.4 is 15.4 Å². The van der Waals surface area contributed by atoms with E-state index in [9.17, 15) is 9.18 Å². The van der Waals surface area contributed by atoms with E-state index in [2.05, 4.69) is 29.4 Å². The number of amides is 1. The number of benzene rings is 2. The molecule has 2 aromatic carbocycles. The van der Waals surface area contributed by atoms with E-state index in [0.717, 1.165) is 44.6 Å². The molecule has 0 saturated carbocycles. The molecule has 1 saturated heterocycles. The fourth-order valence-corrected chi connectivity index (χ4v) is 3.92. The van der Waals surface area contributed by atoms with E-state index < -0.39 is 0 Å². The number of hydrogen-bond acceptors (Lipinski definition) is 4. The number of para-hydroxylation sites is 1. The van der Waals surface area contributed by atoms with Crippen molar-refractivity contribution in [3.8, 4) is 5.75 Å². The second-order valence-electron chi connectivity index (χ2n) is 8.62. The van der Waals surface area contributed by atoms with Crippen molar-refractivity contribution in [1.29, 1.82) is 5.41 Å². The van der Waals surface area contributed by atoms with Crippen molar-refractivity contribution in [3.63, 3.8) is 0 Å². The number of nitrogens with zero attached hydrogens (tertiary/aromatic N) is 1. The molecule has 1 heterocycles. The highest BCUT2D eigenvalue weighted by Crippen LogP contribution is 2.15. The smallest absolute Gasteiger partial charge is 0.270 e. The van der Waals surface area contributed by atoms with E-state index in [1.54, 1.807) is 12.1 Å². The summed E-state index contributed by atoms with van der Waals surface area (Å²) in [6, 6.07) is 14.1. The Kier molecular flexibility index (Phi) is 8.76. The summed E-state index contributed by atoms with van der Waals surface area (Å²) in [6.07, 6.45) is 2.64. The molecule has 7 heteroatoms. The second-order valence-corrected chi connectivity index (χ2v) is 8.62. The molecule has 4 N–H and O–H groups in total. The Balaban J connectivity index is 1.38. The Hall–Kier alpha value is -2.77. The number of nitrogens with one attached hydrogen (secondary N) is 2. The summed E-state index contributed by atoms with van der Waals surface area (Å²) in [6.45, 7) is 7.51. The van der Waals surface area contributed by atoms with Crippen LogP contribution in [0.3, 0.4) is 0 Å². The second kappa shape index (κ2) is 11.7. The first-order valence-corrected chi connectivity index (χ1v) is 11.4. The first-order chi connectivity index (χ1) is 15.4. The molecule has 1 aliphatic rings. The SMILES string of the molecule is CC(C)[NH2+]c1ccccc1C(=N)C(=O)NC1CCN(CCCOc2ccc(F)cc2)CC1. The van der Waals surface area contributed by atoms with Gasteiger partial charge in [0.15, 0.2) is 0 Å². The first-order valence-electron chi connectivity index (χ1n) is 11.4. The van der Waals surface area contributed by atoms with Gasteiger partial charge in [-0.3, -0.25) is 10.2 Å². The lowest BCUT2D eigenvalue weighted by molar-refractivity contribution is -0.603. The van der Waals surface area contributed by atoms with Gasteiger partial charge in [-0.1, -0.05) is 12.1 Å². The van der Waals surface area contributed by atoms with Crippen LogP contribution in [-0.2, 0) is 4.79 Å². The van der Waals surface area contributed by atoms with E-state index in [4.69, 9.17) is 10.1 Å². The lowest BCUT2D eigenvalue weighted by atomic mass is 10.0. The molecule has 0 aromatic heterocycles. The average Bonchev–Trinajstić information content (AvgIpc) is 2.78. The fraction of sp³-hybridized carbons (Fsp3) is 0.440. The van der Waals surface area contributed by atoms with E-state index in [0.29, 0.717) is 24.0 Å². The molecule has 0 radical (unpaired) electrons. The van der Waals surface area contributed by atoms with Crippen LogP contribution in [0.4, 0.5) is 10.1 Å². The number of carbonyl (C=O) groups is 1. The Morgan fingerprint density at radius 1 is 1.19 bits per heavy atom. The van der Waals surface area contributed by atoms with E-state index in [1.165, 1.54) is 12.1 Å². The first kappa shape index (κ1) is 23.9. The number of rotatable bonds is 10. The van der Waals surface area contributed by atoms with Crippen molar-refractivity contribution >= 4 is 17.3 Å². The third kappa shape index (κ3) is 7.14. The number of quaternary nitrogens is 1. The Bertz CT molecular complexity index is 893. The van der Waals surface area contributed by atoms with Crippen molar-refractivity contribution in [2.45, 2.75) is 45.2 Å². The summed E-state index contributed by atoms with van der Waals surface area (Å²) in [5.74, 6) is 0.115. The van der Waals surface area contributed by atoms with Crippen LogP contribution in [0.25, 0.3) is 0 Å². The summed E-state index contributed by atoms with van der Waals surface area (Å²) in [5.41, 5.74) is 1.63. The normalized spacial score (nSPS) is 15.0. The van der Waals surface area contributed by atoms with Gasteiger partial charge in [-0.15, -0.1) is 0 Å². The fourth-order valence-electron chi connectivity index (χ4n) is 3.92. The number of carbonyl (C=O) groups excluding carboxylic acids is 1. The van der Waals surface area contributed by atoms with Crippen LogP contribution in [0.5, 0.6) is 5.75 Å². The maximum atomic E-state index is 12.9. The Morgan fingerprint density at radius 2 is 1.88 bits per heavy atom. The number of piperidine rings is 1. The van der Waals surface area contributed by atoms with Gasteiger partial charge in [0.2, 0.25) is 0 Å². The van der Waals surface area contributed by atoms with Gasteiger partial charge in [0.05, 0.1) is 18.2 Å². The van der Waals surface area contributed by atoms with Crippen molar-refractivity contribution < 1.29 is 19.2 Å². The summed E-state index contributed by atoms with van der Waals surface area (Å²) < 4.78 is 18.6. The molecule has 1 aliphatic heterocycles. The molecule has 1 amide bonds. The molecular weight excluding hydrogens is 407 g/mol. The average molecular weight is 442 g/mol. The molecule has 32 heavy (non-hydrogen) atoms. The molecule has 172 valence electrons. The molecular formula is C25H34FN4O2+. The molecule has 0 spiro atoms. The van der Waals surface area contributed by atoms with Gasteiger partial charge in [-0.2, -0.15) is 0 Å². The third-order valence-corrected chi connectivity index (χ3v) is 5.59. The number of likely N-dealkylation sites (tertiary alicyclic amines) is 1. The maximum absolute atomic E-state index is 12.9. The number of nitrogens with two attached hydrogens (primary N) is 1. The lowest BCUT2D eigenvalue weighted by Gasteiger charge is -2.32. The van der Waals surface area contributed by atoms with E-state index in [1.807, 2.05) is 24.3 Å². The molecule has 2 aromatic rings. The van der Waals surface area contributed by atoms with Gasteiger partial charge in [-0.05, 0) is 69.5 Å². The molecule has 6 nitrogen and oxygen atoms in total. The van der Waals surface area contributed by atoms with Gasteiger partial charge >= 0.3 is 0 Å². The summed E-state index contributed by atoms with van der Waals surface area (Å²) >= 11 is 0. The highest BCUT2D eigenvalue weighted by atomic mass is 19.1. The highest BCUT2D eigenvalue weighted by molar-refractivity contribution is 6.45. The van der Waals surface area contributed by atoms with Crippen LogP contribution in [0.2, 0.25) is 0 Å². The standard InChI is InChI=1S/C25H33FN4O2/c1-18(2)28-23-7-4-3-6-22(23)24(27)25(31)29-20-12-15-30(16-13-20)14-5-17-32-21-10-8-19(26)9-11-21/h3-4,6-11,18,20,27-28H,5,12-17H2,1-2H3,(H,29,31)/p+1. The predicted molar refractivity (Wildman–Crippen MR) is 124 cm³/mol. The minimum atomic E-state index is -0.305. The minimum absolute atomic E-state index is 0.0258. The van der Waals surface area contributed by atoms with Gasteiger partial charge in [0.1, 0.15) is 23.0 Å². The van der Waals surface area contributed by atoms with Crippen molar-refractivity contribution in [3.05, 3.63) is 59.9 Å². The molecule has 0 atom stereocenters. The summed E-state index contributed by atoms with van der Waals surface area (Å²) in [7, 11) is 0. The number of ether oxygens (including phenoxy) is 1. The molecule has 0 aliphatic carbocycles. The van der Waals surface area contributed by atoms with Gasteiger partial charge in [-0.25, -0.2) is 4.39 Å². The summed E-state index contributed by atoms with van der Waals surface area (Å²) in [4.78, 5) is 15.1. The van der Waals surface area contributed by atoms with Gasteiger partial charge in [0, 0.05) is 25.7 Å². The summed E-state index contributed by atoms with van der Waals surface area (Å²) in [5, 5.41) is 13.5. The van der Waals surface area contributed by atoms with E-state index in [-0.39, 0.29) is 23.5 Å². The zero-order chi connectivity index (χ0) is 22.9. The zero-order valence-corrected chi connectivity index (χ0v) is 18.9. The number of halogens is 1. The Morgan fingerprint density at radius 3 is 2.56 bits per heavy atom. The van der Waals surface area contributed by atoms with Gasteiger partial charge < -0.3 is 20.3 Å². The third-order valence-electron chi connectivity index (χ3n) is 5.59.